The highest BCUT2D eigenvalue weighted by Crippen LogP contribution is 2.23. The molecule has 2 aromatic carbocycles. The van der Waals surface area contributed by atoms with Crippen molar-refractivity contribution in [1.82, 2.24) is 4.98 Å². The third-order valence-electron chi connectivity index (χ3n) is 3.73. The van der Waals surface area contributed by atoms with E-state index in [0.29, 0.717) is 27.8 Å². The quantitative estimate of drug-likeness (QED) is 0.588. The summed E-state index contributed by atoms with van der Waals surface area (Å²) in [5.74, 6) is -0.272. The van der Waals surface area contributed by atoms with Crippen LogP contribution in [0.3, 0.4) is 0 Å². The van der Waals surface area contributed by atoms with Gasteiger partial charge in [0.1, 0.15) is 0 Å². The number of rotatable bonds is 7. The van der Waals surface area contributed by atoms with Gasteiger partial charge in [-0.3, -0.25) is 9.52 Å². The first kappa shape index (κ1) is 20.3. The van der Waals surface area contributed by atoms with Gasteiger partial charge in [-0.25, -0.2) is 13.4 Å². The van der Waals surface area contributed by atoms with Gasteiger partial charge < -0.3 is 5.32 Å². The third-order valence-corrected chi connectivity index (χ3v) is 5.47. The van der Waals surface area contributed by atoms with Crippen molar-refractivity contribution in [2.75, 3.05) is 16.3 Å². The zero-order chi connectivity index (χ0) is 20.1. The summed E-state index contributed by atoms with van der Waals surface area (Å²) >= 11 is 7.39. The first-order chi connectivity index (χ1) is 13.3. The van der Waals surface area contributed by atoms with Gasteiger partial charge in [0.2, 0.25) is 15.9 Å². The fourth-order valence-corrected chi connectivity index (χ4v) is 4.28. The second kappa shape index (κ2) is 8.72. The van der Waals surface area contributed by atoms with Crippen molar-refractivity contribution < 1.29 is 13.2 Å². The summed E-state index contributed by atoms with van der Waals surface area (Å²) < 4.78 is 25.4. The van der Waals surface area contributed by atoms with Crippen molar-refractivity contribution >= 4 is 49.7 Å². The molecule has 6 nitrogen and oxygen atoms in total. The van der Waals surface area contributed by atoms with E-state index >= 15 is 0 Å². The minimum absolute atomic E-state index is 0.0297. The average Bonchev–Trinajstić information content (AvgIpc) is 3.02. The van der Waals surface area contributed by atoms with Gasteiger partial charge in [0.05, 0.1) is 18.4 Å². The number of carbonyl (C=O) groups is 1. The van der Waals surface area contributed by atoms with E-state index in [0.717, 1.165) is 16.7 Å². The van der Waals surface area contributed by atoms with Gasteiger partial charge in [-0.05, 0) is 29.3 Å². The molecule has 1 heterocycles. The summed E-state index contributed by atoms with van der Waals surface area (Å²) in [6, 6.07) is 14.4. The largest absolute Gasteiger partial charge is 0.302 e. The lowest BCUT2D eigenvalue weighted by molar-refractivity contribution is -0.115. The first-order valence-corrected chi connectivity index (χ1v) is 11.4. The van der Waals surface area contributed by atoms with Crippen molar-refractivity contribution in [3.05, 3.63) is 75.8 Å². The number of para-hydroxylation sites is 1. The number of nitrogens with zero attached hydrogens (tertiary/aromatic N) is 1. The predicted octanol–water partition coefficient (Wildman–Crippen LogP) is 3.94. The molecule has 0 aliphatic heterocycles. The molecule has 0 unspecified atom stereocenters. The molecule has 1 aromatic heterocycles. The minimum Gasteiger partial charge on any atom is -0.302 e. The lowest BCUT2D eigenvalue weighted by Gasteiger charge is -2.10. The Kier molecular flexibility index (Phi) is 6.33. The van der Waals surface area contributed by atoms with Gasteiger partial charge in [-0.15, -0.1) is 11.3 Å². The Morgan fingerprint density at radius 3 is 2.71 bits per heavy atom. The molecule has 2 N–H and O–H groups in total. The molecule has 1 amide bonds. The summed E-state index contributed by atoms with van der Waals surface area (Å²) in [5, 5.41) is 3.94. The van der Waals surface area contributed by atoms with E-state index in [9.17, 15) is 13.2 Å². The third kappa shape index (κ3) is 6.05. The predicted molar refractivity (Wildman–Crippen MR) is 114 cm³/mol. The van der Waals surface area contributed by atoms with Crippen LogP contribution in [0.1, 0.15) is 16.0 Å². The summed E-state index contributed by atoms with van der Waals surface area (Å²) in [5.41, 5.74) is 2.04. The van der Waals surface area contributed by atoms with E-state index in [1.165, 1.54) is 11.3 Å². The van der Waals surface area contributed by atoms with E-state index in [2.05, 4.69) is 15.0 Å². The van der Waals surface area contributed by atoms with Gasteiger partial charge in [-0.1, -0.05) is 41.9 Å². The second-order valence-electron chi connectivity index (χ2n) is 6.19. The number of halogens is 1. The molecule has 0 saturated carbocycles. The molecule has 3 rings (SSSR count). The highest BCUT2D eigenvalue weighted by Gasteiger charge is 2.12. The highest BCUT2D eigenvalue weighted by atomic mass is 35.5. The molecule has 0 spiro atoms. The van der Waals surface area contributed by atoms with E-state index < -0.39 is 10.0 Å². The molecule has 0 saturated heterocycles. The fraction of sp³-hybridized carbons (Fsp3) is 0.158. The van der Waals surface area contributed by atoms with E-state index in [4.69, 9.17) is 11.6 Å². The molecular weight excluding hydrogens is 418 g/mol. The average molecular weight is 436 g/mol. The van der Waals surface area contributed by atoms with Gasteiger partial charge in [0.15, 0.2) is 5.13 Å². The van der Waals surface area contributed by atoms with Crippen LogP contribution in [0.5, 0.6) is 0 Å². The molecule has 0 bridgehead atoms. The number of hydrogen-bond acceptors (Lipinski definition) is 5. The molecule has 0 atom stereocenters. The van der Waals surface area contributed by atoms with Gasteiger partial charge in [0.25, 0.3) is 0 Å². The van der Waals surface area contributed by atoms with Crippen molar-refractivity contribution in [2.45, 2.75) is 12.8 Å². The monoisotopic (exact) mass is 435 g/mol. The van der Waals surface area contributed by atoms with Crippen LogP contribution < -0.4 is 10.0 Å². The lowest BCUT2D eigenvalue weighted by Crippen LogP contribution is -2.17. The van der Waals surface area contributed by atoms with Crippen LogP contribution >= 0.6 is 22.9 Å². The van der Waals surface area contributed by atoms with Gasteiger partial charge in [0, 0.05) is 22.5 Å². The van der Waals surface area contributed by atoms with Crippen molar-refractivity contribution in [3.63, 3.8) is 0 Å². The Balaban J connectivity index is 1.64. The number of carbonyl (C=O) groups excluding carboxylic acids is 1. The minimum atomic E-state index is -3.43. The van der Waals surface area contributed by atoms with Gasteiger partial charge in [-0.2, -0.15) is 0 Å². The Labute approximate surface area is 172 Å². The normalized spacial score (nSPS) is 11.2. The Morgan fingerprint density at radius 1 is 1.18 bits per heavy atom. The molecule has 0 radical (unpaired) electrons. The van der Waals surface area contributed by atoms with Crippen LogP contribution in [-0.2, 0) is 27.7 Å². The number of nitrogens with one attached hydrogen (secondary N) is 2. The Hall–Kier alpha value is -2.42. The van der Waals surface area contributed by atoms with Crippen molar-refractivity contribution in [3.8, 4) is 0 Å². The maximum atomic E-state index is 12.4. The second-order valence-corrected chi connectivity index (χ2v) is 9.49. The van der Waals surface area contributed by atoms with E-state index in [1.807, 2.05) is 24.3 Å². The number of benzene rings is 2. The van der Waals surface area contributed by atoms with Crippen LogP contribution in [0.25, 0.3) is 0 Å². The number of amides is 1. The Bertz CT molecular complexity index is 1100. The molecule has 0 aliphatic rings. The van der Waals surface area contributed by atoms with Crippen LogP contribution in [-0.4, -0.2) is 25.6 Å². The molecular formula is C19H18ClN3O3S2. The molecule has 0 fully saturated rings. The highest BCUT2D eigenvalue weighted by molar-refractivity contribution is 7.92. The van der Waals surface area contributed by atoms with Crippen LogP contribution in [0.15, 0.2) is 54.7 Å². The van der Waals surface area contributed by atoms with Gasteiger partial charge >= 0.3 is 0 Å². The molecule has 3 aromatic rings. The maximum absolute atomic E-state index is 12.4. The smallest absolute Gasteiger partial charge is 0.230 e. The van der Waals surface area contributed by atoms with Crippen molar-refractivity contribution in [1.29, 1.82) is 0 Å². The van der Waals surface area contributed by atoms with E-state index in [1.54, 1.807) is 30.5 Å². The summed E-state index contributed by atoms with van der Waals surface area (Å²) in [7, 11) is -3.43. The standard InChI is InChI=1S/C19H18ClN3O3S2/c1-28(25,26)23-17-8-3-2-6-14(17)11-18(24)22-19-21-12-16(27-19)10-13-5-4-7-15(20)9-13/h2-9,12,23H,10-11H2,1H3,(H,21,22,24). The number of aromatic nitrogens is 1. The van der Waals surface area contributed by atoms with E-state index in [-0.39, 0.29) is 12.3 Å². The number of hydrogen-bond donors (Lipinski definition) is 2. The summed E-state index contributed by atoms with van der Waals surface area (Å²) in [6.45, 7) is 0. The zero-order valence-corrected chi connectivity index (χ0v) is 17.4. The number of sulfonamides is 1. The number of anilines is 2. The van der Waals surface area contributed by atoms with Crippen LogP contribution in [0.2, 0.25) is 5.02 Å². The zero-order valence-electron chi connectivity index (χ0n) is 15.0. The topological polar surface area (TPSA) is 88.2 Å². The SMILES string of the molecule is CS(=O)(=O)Nc1ccccc1CC(=O)Nc1ncc(Cc2cccc(Cl)c2)s1. The first-order valence-electron chi connectivity index (χ1n) is 8.33. The fourth-order valence-electron chi connectivity index (χ4n) is 2.61. The van der Waals surface area contributed by atoms with Crippen LogP contribution in [0, 0.1) is 0 Å². The summed E-state index contributed by atoms with van der Waals surface area (Å²) in [6.07, 6.45) is 3.50. The molecule has 0 aliphatic carbocycles. The molecule has 146 valence electrons. The number of thiazole rings is 1. The summed E-state index contributed by atoms with van der Waals surface area (Å²) in [4.78, 5) is 17.6. The maximum Gasteiger partial charge on any atom is 0.230 e. The lowest BCUT2D eigenvalue weighted by atomic mass is 10.1. The Morgan fingerprint density at radius 2 is 1.96 bits per heavy atom. The molecule has 28 heavy (non-hydrogen) atoms. The van der Waals surface area contributed by atoms with Crippen LogP contribution in [0.4, 0.5) is 10.8 Å². The van der Waals surface area contributed by atoms with Crippen molar-refractivity contribution in [2.24, 2.45) is 0 Å². The molecule has 9 heteroatoms.